The normalized spacial score (nSPS) is 17.7. The molecule has 1 N–H and O–H groups in total. The molecule has 5 rings (SSSR count). The Balaban J connectivity index is 1.30. The number of pyridine rings is 1. The summed E-state index contributed by atoms with van der Waals surface area (Å²) >= 11 is 0. The first-order chi connectivity index (χ1) is 16.3. The molecule has 9 nitrogen and oxygen atoms in total. The number of likely N-dealkylation sites (tertiary alicyclic amines) is 1. The van der Waals surface area contributed by atoms with E-state index >= 15 is 0 Å². The number of amides is 1. The van der Waals surface area contributed by atoms with Gasteiger partial charge in [-0.2, -0.15) is 0 Å². The number of halogens is 2. The van der Waals surface area contributed by atoms with Gasteiger partial charge in [0.25, 0.3) is 0 Å². The van der Waals surface area contributed by atoms with Crippen LogP contribution < -0.4 is 0 Å². The van der Waals surface area contributed by atoms with Crippen LogP contribution in [0.2, 0.25) is 0 Å². The predicted octanol–water partition coefficient (Wildman–Crippen LogP) is 4.04. The molecule has 1 aliphatic heterocycles. The smallest absolute Gasteiger partial charge is 0.409 e. The van der Waals surface area contributed by atoms with Gasteiger partial charge in [-0.25, -0.2) is 23.1 Å². The van der Waals surface area contributed by atoms with Crippen LogP contribution in [0.25, 0.3) is 22.3 Å². The van der Waals surface area contributed by atoms with Gasteiger partial charge in [0, 0.05) is 24.1 Å². The van der Waals surface area contributed by atoms with Crippen LogP contribution in [0.4, 0.5) is 13.6 Å². The van der Waals surface area contributed by atoms with Gasteiger partial charge in [0.15, 0.2) is 11.6 Å². The Morgan fingerprint density at radius 2 is 1.94 bits per heavy atom. The molecule has 11 heteroatoms. The molecule has 2 aliphatic rings. The lowest BCUT2D eigenvalue weighted by Gasteiger charge is -2.31. The Hall–Kier alpha value is -3.63. The first kappa shape index (κ1) is 22.2. The minimum absolute atomic E-state index is 0.00619. The SMILES string of the molecule is CC1(COC(=O)N2CCC(n3nnc4cc(-c5ccc(C(=O)O)c(F)c5F)ncc43)CC2)CC1. The third-order valence-corrected chi connectivity index (χ3v) is 6.66. The molecule has 2 fully saturated rings. The first-order valence-corrected chi connectivity index (χ1v) is 11.1. The van der Waals surface area contributed by atoms with Crippen molar-refractivity contribution in [1.29, 1.82) is 0 Å². The zero-order valence-electron chi connectivity index (χ0n) is 18.5. The quantitative estimate of drug-likeness (QED) is 0.598. The number of carbonyl (C=O) groups is 2. The summed E-state index contributed by atoms with van der Waals surface area (Å²) in [5.41, 5.74) is 0.443. The van der Waals surface area contributed by atoms with Crippen LogP contribution in [0, 0.1) is 17.0 Å². The van der Waals surface area contributed by atoms with Crippen LogP contribution in [-0.4, -0.2) is 61.7 Å². The second-order valence-electron chi connectivity index (χ2n) is 9.27. The summed E-state index contributed by atoms with van der Waals surface area (Å²) in [6.07, 6.45) is 4.72. The molecule has 34 heavy (non-hydrogen) atoms. The van der Waals surface area contributed by atoms with Crippen molar-refractivity contribution in [2.75, 3.05) is 19.7 Å². The van der Waals surface area contributed by atoms with Crippen LogP contribution in [0.5, 0.6) is 0 Å². The monoisotopic (exact) mass is 471 g/mol. The minimum Gasteiger partial charge on any atom is -0.478 e. The van der Waals surface area contributed by atoms with Crippen LogP contribution in [0.3, 0.4) is 0 Å². The zero-order valence-corrected chi connectivity index (χ0v) is 18.5. The number of carbonyl (C=O) groups excluding carboxylic acids is 1. The zero-order chi connectivity index (χ0) is 24.0. The Morgan fingerprint density at radius 1 is 1.21 bits per heavy atom. The van der Waals surface area contributed by atoms with Gasteiger partial charge in [0.1, 0.15) is 11.0 Å². The molecule has 0 atom stereocenters. The molecule has 1 amide bonds. The van der Waals surface area contributed by atoms with Crippen LogP contribution >= 0.6 is 0 Å². The van der Waals surface area contributed by atoms with E-state index in [2.05, 4.69) is 22.2 Å². The third-order valence-electron chi connectivity index (χ3n) is 6.66. The summed E-state index contributed by atoms with van der Waals surface area (Å²) in [6, 6.07) is 3.68. The van der Waals surface area contributed by atoms with Crippen molar-refractivity contribution in [1.82, 2.24) is 24.9 Å². The topological polar surface area (TPSA) is 110 Å². The second-order valence-corrected chi connectivity index (χ2v) is 9.27. The number of ether oxygens (including phenoxy) is 1. The Bertz CT molecular complexity index is 1280. The van der Waals surface area contributed by atoms with E-state index in [1.807, 2.05) is 0 Å². The van der Waals surface area contributed by atoms with Crippen molar-refractivity contribution in [3.05, 3.63) is 41.6 Å². The van der Waals surface area contributed by atoms with Crippen molar-refractivity contribution in [3.8, 4) is 11.3 Å². The fraction of sp³-hybridized carbons (Fsp3) is 0.435. The summed E-state index contributed by atoms with van der Waals surface area (Å²) < 4.78 is 35.8. The highest BCUT2D eigenvalue weighted by Gasteiger charge is 2.39. The number of aromatic carboxylic acids is 1. The van der Waals surface area contributed by atoms with E-state index in [9.17, 15) is 18.4 Å². The Morgan fingerprint density at radius 3 is 2.62 bits per heavy atom. The van der Waals surface area contributed by atoms with Crippen molar-refractivity contribution >= 4 is 23.1 Å². The number of benzene rings is 1. The van der Waals surface area contributed by atoms with Crippen molar-refractivity contribution in [2.45, 2.75) is 38.6 Å². The van der Waals surface area contributed by atoms with Crippen molar-refractivity contribution in [2.24, 2.45) is 5.41 Å². The fourth-order valence-electron chi connectivity index (χ4n) is 4.15. The highest BCUT2D eigenvalue weighted by atomic mass is 19.2. The maximum absolute atomic E-state index is 14.5. The first-order valence-electron chi connectivity index (χ1n) is 11.1. The molecule has 0 spiro atoms. The molecule has 178 valence electrons. The highest BCUT2D eigenvalue weighted by molar-refractivity contribution is 5.89. The summed E-state index contributed by atoms with van der Waals surface area (Å²) in [6.45, 7) is 3.63. The largest absolute Gasteiger partial charge is 0.478 e. The number of carboxylic acid groups (broad SMARTS) is 1. The molecule has 0 unspecified atom stereocenters. The lowest BCUT2D eigenvalue weighted by molar-refractivity contribution is 0.0689. The van der Waals surface area contributed by atoms with Gasteiger partial charge in [0.2, 0.25) is 0 Å². The summed E-state index contributed by atoms with van der Waals surface area (Å²) in [5, 5.41) is 17.3. The number of nitrogens with zero attached hydrogens (tertiary/aromatic N) is 5. The number of fused-ring (bicyclic) bond motifs is 1. The standard InChI is InChI=1S/C23H23F2N5O4/c1-23(6-7-23)12-34-22(33)29-8-4-13(5-9-29)30-18-11-26-16(10-17(18)27-28-30)14-2-3-15(21(31)32)20(25)19(14)24/h2-3,10-11,13H,4-9,12H2,1H3,(H,31,32). The Labute approximate surface area is 193 Å². The predicted molar refractivity (Wildman–Crippen MR) is 116 cm³/mol. The van der Waals surface area contributed by atoms with E-state index in [-0.39, 0.29) is 28.8 Å². The number of hydrogen-bond acceptors (Lipinski definition) is 6. The van der Waals surface area contributed by atoms with E-state index in [0.29, 0.717) is 43.6 Å². The molecular formula is C23H23F2N5O4. The number of hydrogen-bond donors (Lipinski definition) is 1. The molecule has 3 aromatic rings. The Kier molecular flexibility index (Phi) is 5.41. The van der Waals surface area contributed by atoms with Crippen molar-refractivity contribution < 1.29 is 28.2 Å². The average Bonchev–Trinajstić information content (AvgIpc) is 3.42. The minimum atomic E-state index is -1.55. The van der Waals surface area contributed by atoms with Gasteiger partial charge in [-0.1, -0.05) is 12.1 Å². The number of carboxylic acids is 1. The molecule has 1 saturated carbocycles. The maximum atomic E-state index is 14.5. The van der Waals surface area contributed by atoms with E-state index in [1.165, 1.54) is 18.3 Å². The molecule has 2 aromatic heterocycles. The fourth-order valence-corrected chi connectivity index (χ4v) is 4.15. The molecule has 1 saturated heterocycles. The van der Waals surface area contributed by atoms with E-state index in [1.54, 1.807) is 9.58 Å². The lowest BCUT2D eigenvalue weighted by atomic mass is 10.0. The van der Waals surface area contributed by atoms with E-state index in [0.717, 1.165) is 18.9 Å². The van der Waals surface area contributed by atoms with Crippen LogP contribution in [-0.2, 0) is 4.74 Å². The van der Waals surface area contributed by atoms with Gasteiger partial charge in [-0.3, -0.25) is 4.98 Å². The lowest BCUT2D eigenvalue weighted by Crippen LogP contribution is -2.40. The average molecular weight is 471 g/mol. The van der Waals surface area contributed by atoms with Gasteiger partial charge >= 0.3 is 12.1 Å². The van der Waals surface area contributed by atoms with E-state index in [4.69, 9.17) is 9.84 Å². The molecule has 0 radical (unpaired) electrons. The molecule has 1 aliphatic carbocycles. The number of rotatable bonds is 5. The number of aromatic nitrogens is 4. The maximum Gasteiger partial charge on any atom is 0.409 e. The van der Waals surface area contributed by atoms with Gasteiger partial charge in [-0.15, -0.1) is 5.10 Å². The molecule has 0 bridgehead atoms. The van der Waals surface area contributed by atoms with Crippen molar-refractivity contribution in [3.63, 3.8) is 0 Å². The second kappa shape index (κ2) is 8.30. The van der Waals surface area contributed by atoms with Gasteiger partial charge < -0.3 is 14.7 Å². The summed E-state index contributed by atoms with van der Waals surface area (Å²) in [4.78, 5) is 29.3. The van der Waals surface area contributed by atoms with Gasteiger partial charge in [-0.05, 0) is 43.9 Å². The molecule has 3 heterocycles. The molecule has 1 aromatic carbocycles. The summed E-state index contributed by atoms with van der Waals surface area (Å²) in [5.74, 6) is -4.27. The van der Waals surface area contributed by atoms with Gasteiger partial charge in [0.05, 0.1) is 30.1 Å². The van der Waals surface area contributed by atoms with Crippen LogP contribution in [0.1, 0.15) is 49.0 Å². The van der Waals surface area contributed by atoms with E-state index < -0.39 is 23.2 Å². The third kappa shape index (κ3) is 4.06. The van der Waals surface area contributed by atoms with Crippen LogP contribution in [0.15, 0.2) is 24.4 Å². The molecular weight excluding hydrogens is 448 g/mol. The number of piperidine rings is 1. The highest BCUT2D eigenvalue weighted by Crippen LogP contribution is 2.45. The summed E-state index contributed by atoms with van der Waals surface area (Å²) in [7, 11) is 0.